The van der Waals surface area contributed by atoms with Crippen LogP contribution in [-0.2, 0) is 6.54 Å². The first-order valence-electron chi connectivity index (χ1n) is 8.17. The van der Waals surface area contributed by atoms with Gasteiger partial charge in [0.05, 0.1) is 0 Å². The van der Waals surface area contributed by atoms with E-state index in [0.717, 1.165) is 19.1 Å². The summed E-state index contributed by atoms with van der Waals surface area (Å²) in [6.07, 6.45) is 5.45. The van der Waals surface area contributed by atoms with Crippen molar-refractivity contribution in [3.63, 3.8) is 0 Å². The van der Waals surface area contributed by atoms with E-state index in [1.165, 1.54) is 55.5 Å². The summed E-state index contributed by atoms with van der Waals surface area (Å²) in [5.74, 6) is 0. The molecule has 0 radical (unpaired) electrons. The van der Waals surface area contributed by atoms with Crippen molar-refractivity contribution in [2.45, 2.75) is 59.0 Å². The summed E-state index contributed by atoms with van der Waals surface area (Å²) < 4.78 is 0. The van der Waals surface area contributed by atoms with Crippen molar-refractivity contribution in [2.24, 2.45) is 0 Å². The maximum Gasteiger partial charge on any atom is 0.0205 e. The topological polar surface area (TPSA) is 15.3 Å². The fourth-order valence-corrected chi connectivity index (χ4v) is 3.30. The minimum Gasteiger partial charge on any atom is -0.313 e. The van der Waals surface area contributed by atoms with Crippen molar-refractivity contribution < 1.29 is 0 Å². The van der Waals surface area contributed by atoms with Crippen LogP contribution in [0.25, 0.3) is 0 Å². The normalized spacial score (nSPS) is 20.2. The summed E-state index contributed by atoms with van der Waals surface area (Å²) in [7, 11) is 0. The van der Waals surface area contributed by atoms with Crippen LogP contribution in [0.5, 0.6) is 0 Å². The van der Waals surface area contributed by atoms with Gasteiger partial charge in [-0.25, -0.2) is 0 Å². The van der Waals surface area contributed by atoms with Crippen LogP contribution in [0.3, 0.4) is 0 Å². The van der Waals surface area contributed by atoms with E-state index in [1.807, 2.05) is 0 Å². The van der Waals surface area contributed by atoms with Crippen LogP contribution < -0.4 is 5.32 Å². The Morgan fingerprint density at radius 2 is 1.90 bits per heavy atom. The third-order valence-corrected chi connectivity index (χ3v) is 4.35. The molecule has 1 aliphatic heterocycles. The lowest BCUT2D eigenvalue weighted by Crippen LogP contribution is -2.38. The van der Waals surface area contributed by atoms with E-state index in [9.17, 15) is 0 Å². The average molecular weight is 274 g/mol. The Kier molecular flexibility index (Phi) is 6.06. The maximum absolute atomic E-state index is 3.58. The number of piperidine rings is 1. The van der Waals surface area contributed by atoms with Gasteiger partial charge in [-0.2, -0.15) is 0 Å². The highest BCUT2D eigenvalue weighted by atomic mass is 15.2. The average Bonchev–Trinajstić information content (AvgIpc) is 2.39. The van der Waals surface area contributed by atoms with E-state index in [4.69, 9.17) is 0 Å². The monoisotopic (exact) mass is 274 g/mol. The van der Waals surface area contributed by atoms with E-state index >= 15 is 0 Å². The summed E-state index contributed by atoms with van der Waals surface area (Å²) in [5.41, 5.74) is 4.14. The Labute approximate surface area is 124 Å². The number of hydrogen-bond donors (Lipinski definition) is 1. The highest BCUT2D eigenvalue weighted by Gasteiger charge is 2.16. The van der Waals surface area contributed by atoms with Gasteiger partial charge >= 0.3 is 0 Å². The SMILES string of the molecule is Cc1cc(C)cc(CNCCCN2CCCCC2C)c1. The van der Waals surface area contributed by atoms with Crippen molar-refractivity contribution in [2.75, 3.05) is 19.6 Å². The van der Waals surface area contributed by atoms with Gasteiger partial charge in [0.1, 0.15) is 0 Å². The first-order valence-corrected chi connectivity index (χ1v) is 8.17. The van der Waals surface area contributed by atoms with Gasteiger partial charge in [0.2, 0.25) is 0 Å². The molecule has 112 valence electrons. The van der Waals surface area contributed by atoms with Gasteiger partial charge in [-0.3, -0.25) is 0 Å². The van der Waals surface area contributed by atoms with E-state index in [0.29, 0.717) is 0 Å². The summed E-state index contributed by atoms with van der Waals surface area (Å²) in [5, 5.41) is 3.58. The Hall–Kier alpha value is -0.860. The Morgan fingerprint density at radius 3 is 2.60 bits per heavy atom. The number of nitrogens with one attached hydrogen (secondary N) is 1. The fourth-order valence-electron chi connectivity index (χ4n) is 3.30. The number of likely N-dealkylation sites (tertiary alicyclic amines) is 1. The standard InChI is InChI=1S/C18H30N2/c1-15-11-16(2)13-18(12-15)14-19-8-6-10-20-9-5-4-7-17(20)3/h11-13,17,19H,4-10,14H2,1-3H3. The molecular weight excluding hydrogens is 244 g/mol. The zero-order valence-electron chi connectivity index (χ0n) is 13.4. The maximum atomic E-state index is 3.58. The molecule has 1 aromatic carbocycles. The molecule has 0 saturated carbocycles. The van der Waals surface area contributed by atoms with Crippen LogP contribution in [-0.4, -0.2) is 30.6 Å². The van der Waals surface area contributed by atoms with Gasteiger partial charge < -0.3 is 10.2 Å². The molecule has 1 saturated heterocycles. The Balaban J connectivity index is 1.63. The van der Waals surface area contributed by atoms with Crippen molar-refractivity contribution in [1.82, 2.24) is 10.2 Å². The summed E-state index contributed by atoms with van der Waals surface area (Å²) in [6, 6.07) is 7.60. The molecule has 1 N–H and O–H groups in total. The lowest BCUT2D eigenvalue weighted by molar-refractivity contribution is 0.159. The van der Waals surface area contributed by atoms with Crippen LogP contribution in [0.15, 0.2) is 18.2 Å². The lowest BCUT2D eigenvalue weighted by Gasteiger charge is -2.33. The van der Waals surface area contributed by atoms with Crippen LogP contribution in [0.4, 0.5) is 0 Å². The molecule has 0 aliphatic carbocycles. The molecule has 1 unspecified atom stereocenters. The van der Waals surface area contributed by atoms with Gasteiger partial charge in [-0.15, -0.1) is 0 Å². The zero-order valence-corrected chi connectivity index (χ0v) is 13.4. The zero-order chi connectivity index (χ0) is 14.4. The molecule has 1 fully saturated rings. The van der Waals surface area contributed by atoms with Crippen LogP contribution >= 0.6 is 0 Å². The highest BCUT2D eigenvalue weighted by Crippen LogP contribution is 2.16. The van der Waals surface area contributed by atoms with E-state index in [1.54, 1.807) is 0 Å². The number of benzene rings is 1. The molecule has 1 aliphatic rings. The van der Waals surface area contributed by atoms with Crippen molar-refractivity contribution in [3.8, 4) is 0 Å². The van der Waals surface area contributed by atoms with Crippen molar-refractivity contribution in [3.05, 3.63) is 34.9 Å². The smallest absolute Gasteiger partial charge is 0.0205 e. The van der Waals surface area contributed by atoms with Crippen molar-refractivity contribution >= 4 is 0 Å². The second-order valence-corrected chi connectivity index (χ2v) is 6.41. The molecule has 20 heavy (non-hydrogen) atoms. The van der Waals surface area contributed by atoms with E-state index in [2.05, 4.69) is 49.2 Å². The first kappa shape index (κ1) is 15.5. The molecule has 0 bridgehead atoms. The predicted octanol–water partition coefficient (Wildman–Crippen LogP) is 3.66. The lowest BCUT2D eigenvalue weighted by atomic mass is 10.0. The quantitative estimate of drug-likeness (QED) is 0.796. The van der Waals surface area contributed by atoms with E-state index < -0.39 is 0 Å². The van der Waals surface area contributed by atoms with Gasteiger partial charge in [-0.1, -0.05) is 35.7 Å². The number of hydrogen-bond acceptors (Lipinski definition) is 2. The summed E-state index contributed by atoms with van der Waals surface area (Å²) >= 11 is 0. The van der Waals surface area contributed by atoms with Crippen LogP contribution in [0.2, 0.25) is 0 Å². The molecule has 0 aromatic heterocycles. The van der Waals surface area contributed by atoms with Gasteiger partial charge in [0.15, 0.2) is 0 Å². The third kappa shape index (κ3) is 4.92. The van der Waals surface area contributed by atoms with Crippen molar-refractivity contribution in [1.29, 1.82) is 0 Å². The fraction of sp³-hybridized carbons (Fsp3) is 0.667. The third-order valence-electron chi connectivity index (χ3n) is 4.35. The Morgan fingerprint density at radius 1 is 1.15 bits per heavy atom. The molecule has 2 heteroatoms. The van der Waals surface area contributed by atoms with Gasteiger partial charge in [-0.05, 0) is 65.2 Å². The Bertz CT molecular complexity index is 394. The highest BCUT2D eigenvalue weighted by molar-refractivity contribution is 5.28. The van der Waals surface area contributed by atoms with Crippen LogP contribution in [0.1, 0.15) is 49.3 Å². The molecule has 2 nitrogen and oxygen atoms in total. The van der Waals surface area contributed by atoms with E-state index in [-0.39, 0.29) is 0 Å². The second-order valence-electron chi connectivity index (χ2n) is 6.41. The predicted molar refractivity (Wildman–Crippen MR) is 87.1 cm³/mol. The minimum atomic E-state index is 0.795. The number of rotatable bonds is 6. The number of aryl methyl sites for hydroxylation is 2. The second kappa shape index (κ2) is 7.80. The molecule has 1 aromatic rings. The van der Waals surface area contributed by atoms with Gasteiger partial charge in [0, 0.05) is 12.6 Å². The minimum absolute atomic E-state index is 0.795. The molecular formula is C18H30N2. The summed E-state index contributed by atoms with van der Waals surface area (Å²) in [4.78, 5) is 2.65. The largest absolute Gasteiger partial charge is 0.313 e. The molecule has 1 heterocycles. The first-order chi connectivity index (χ1) is 9.65. The molecule has 0 amide bonds. The molecule has 0 spiro atoms. The van der Waals surface area contributed by atoms with Gasteiger partial charge in [0.25, 0.3) is 0 Å². The molecule has 1 atom stereocenters. The summed E-state index contributed by atoms with van der Waals surface area (Å²) in [6.45, 7) is 11.4. The number of nitrogens with zero attached hydrogens (tertiary/aromatic N) is 1. The van der Waals surface area contributed by atoms with Crippen LogP contribution in [0, 0.1) is 13.8 Å². The molecule has 2 rings (SSSR count).